The highest BCUT2D eigenvalue weighted by atomic mass is 16.5. The molecule has 0 saturated heterocycles. The van der Waals surface area contributed by atoms with Gasteiger partial charge in [0, 0.05) is 68.8 Å². The number of para-hydroxylation sites is 6. The molecule has 0 aliphatic carbocycles. The molecule has 0 amide bonds. The normalized spacial score (nSPS) is 11.9. The van der Waals surface area contributed by atoms with Crippen LogP contribution in [0.3, 0.4) is 0 Å². The molecule has 0 radical (unpaired) electrons. The highest BCUT2D eigenvalue weighted by Gasteiger charge is 2.14. The van der Waals surface area contributed by atoms with Gasteiger partial charge in [-0.3, -0.25) is 0 Å². The van der Waals surface area contributed by atoms with E-state index in [4.69, 9.17) is 9.72 Å². The minimum absolute atomic E-state index is 0.740. The summed E-state index contributed by atoms with van der Waals surface area (Å²) in [7, 11) is 0. The molecule has 0 fully saturated rings. The zero-order valence-electron chi connectivity index (χ0n) is 31.0. The van der Waals surface area contributed by atoms with Gasteiger partial charge in [0.2, 0.25) is 0 Å². The third kappa shape index (κ3) is 6.75. The van der Waals surface area contributed by atoms with Crippen LogP contribution >= 0.6 is 0 Å². The molecule has 0 spiro atoms. The first kappa shape index (κ1) is 34.0. The molecule has 5 heteroatoms. The maximum absolute atomic E-state index is 6.20. The van der Waals surface area contributed by atoms with Gasteiger partial charge in [0.25, 0.3) is 0 Å². The lowest BCUT2D eigenvalue weighted by Crippen LogP contribution is -2.02. The van der Waals surface area contributed by atoms with Crippen molar-refractivity contribution in [3.63, 3.8) is 0 Å². The Labute approximate surface area is 317 Å². The lowest BCUT2D eigenvalue weighted by Gasteiger charge is -2.11. The van der Waals surface area contributed by atoms with Crippen LogP contribution in [0.25, 0.3) is 66.0 Å². The van der Waals surface area contributed by atoms with Crippen LogP contribution < -0.4 is 4.74 Å². The van der Waals surface area contributed by atoms with Gasteiger partial charge < -0.3 is 18.4 Å². The van der Waals surface area contributed by atoms with Crippen molar-refractivity contribution in [2.24, 2.45) is 0 Å². The second-order valence-corrected chi connectivity index (χ2v) is 14.6. The Bertz CT molecular complexity index is 2550. The van der Waals surface area contributed by atoms with E-state index in [0.717, 1.165) is 61.7 Å². The molecule has 0 unspecified atom stereocenters. The van der Waals surface area contributed by atoms with Gasteiger partial charge in [-0.1, -0.05) is 111 Å². The number of hydrogen-bond acceptors (Lipinski definition) is 2. The Morgan fingerprint density at radius 2 is 0.778 bits per heavy atom. The first-order valence-corrected chi connectivity index (χ1v) is 19.9. The van der Waals surface area contributed by atoms with Crippen LogP contribution in [-0.2, 0) is 19.6 Å². The monoisotopic (exact) mass is 708 g/mol. The molecule has 0 atom stereocenters. The second-order valence-electron chi connectivity index (χ2n) is 14.6. The van der Waals surface area contributed by atoms with E-state index in [1.54, 1.807) is 0 Å². The second kappa shape index (κ2) is 15.7. The number of imidazole rings is 1. The topological polar surface area (TPSA) is 36.9 Å². The van der Waals surface area contributed by atoms with Gasteiger partial charge in [-0.15, -0.1) is 0 Å². The summed E-state index contributed by atoms with van der Waals surface area (Å²) >= 11 is 0. The fourth-order valence-corrected chi connectivity index (χ4v) is 8.52. The number of hydrogen-bond donors (Lipinski definition) is 0. The van der Waals surface area contributed by atoms with Crippen molar-refractivity contribution in [3.8, 4) is 17.1 Å². The van der Waals surface area contributed by atoms with E-state index in [9.17, 15) is 0 Å². The molecule has 270 valence electrons. The summed E-state index contributed by atoms with van der Waals surface area (Å²) in [5, 5.41) is 5.40. The van der Waals surface area contributed by atoms with E-state index in [-0.39, 0.29) is 0 Å². The van der Waals surface area contributed by atoms with Crippen LogP contribution in [0.2, 0.25) is 0 Å². The first-order valence-electron chi connectivity index (χ1n) is 19.9. The molecule has 3 aromatic heterocycles. The minimum Gasteiger partial charge on any atom is -0.494 e. The number of rotatable bonds is 16. The summed E-state index contributed by atoms with van der Waals surface area (Å²) in [5.74, 6) is 1.96. The van der Waals surface area contributed by atoms with Gasteiger partial charge in [-0.2, -0.15) is 0 Å². The van der Waals surface area contributed by atoms with Crippen molar-refractivity contribution in [1.29, 1.82) is 0 Å². The lowest BCUT2D eigenvalue weighted by atomic mass is 10.1. The van der Waals surface area contributed by atoms with E-state index < -0.39 is 0 Å². The van der Waals surface area contributed by atoms with E-state index in [1.165, 1.54) is 87.7 Å². The van der Waals surface area contributed by atoms with Crippen molar-refractivity contribution >= 4 is 54.6 Å². The van der Waals surface area contributed by atoms with Crippen LogP contribution in [0.5, 0.6) is 5.75 Å². The number of aromatic nitrogens is 4. The van der Waals surface area contributed by atoms with E-state index in [0.29, 0.717) is 0 Å². The summed E-state index contributed by atoms with van der Waals surface area (Å²) in [4.78, 5) is 5.09. The van der Waals surface area contributed by atoms with Crippen LogP contribution in [-0.4, -0.2) is 25.3 Å². The Morgan fingerprint density at radius 1 is 0.370 bits per heavy atom. The fraction of sp³-hybridized carbons (Fsp3) is 0.245. The van der Waals surface area contributed by atoms with E-state index in [2.05, 4.69) is 159 Å². The quantitative estimate of drug-likeness (QED) is 0.0937. The van der Waals surface area contributed by atoms with Crippen LogP contribution in [0.4, 0.5) is 0 Å². The smallest absolute Gasteiger partial charge is 0.141 e. The maximum atomic E-state index is 6.20. The number of nitrogens with zero attached hydrogens (tertiary/aromatic N) is 4. The lowest BCUT2D eigenvalue weighted by molar-refractivity contribution is 0.304. The van der Waals surface area contributed by atoms with E-state index in [1.807, 2.05) is 0 Å². The van der Waals surface area contributed by atoms with Crippen LogP contribution in [0.1, 0.15) is 51.4 Å². The van der Waals surface area contributed by atoms with Gasteiger partial charge in [-0.05, 0) is 86.3 Å². The molecular weight excluding hydrogens is 661 g/mol. The van der Waals surface area contributed by atoms with Crippen molar-refractivity contribution in [1.82, 2.24) is 18.7 Å². The van der Waals surface area contributed by atoms with Crippen molar-refractivity contribution in [3.05, 3.63) is 146 Å². The Balaban J connectivity index is 0.761. The molecule has 5 nitrogen and oxygen atoms in total. The summed E-state index contributed by atoms with van der Waals surface area (Å²) in [6.07, 6.45) is 9.28. The van der Waals surface area contributed by atoms with Crippen molar-refractivity contribution < 1.29 is 4.74 Å². The molecule has 3 heterocycles. The molecule has 0 saturated carbocycles. The predicted molar refractivity (Wildman–Crippen MR) is 226 cm³/mol. The molecule has 0 N–H and O–H groups in total. The largest absolute Gasteiger partial charge is 0.494 e. The zero-order valence-corrected chi connectivity index (χ0v) is 31.0. The minimum atomic E-state index is 0.740. The summed E-state index contributed by atoms with van der Waals surface area (Å²) < 4.78 is 13.6. The number of aryl methyl sites for hydroxylation is 3. The number of fused-ring (bicyclic) bond motifs is 7. The molecule has 0 aliphatic rings. The molecular formula is C49H48N4O. The Kier molecular flexibility index (Phi) is 9.85. The molecule has 6 aromatic carbocycles. The van der Waals surface area contributed by atoms with Gasteiger partial charge in [0.1, 0.15) is 11.6 Å². The number of unbranched alkanes of at least 4 members (excludes halogenated alkanes) is 6. The van der Waals surface area contributed by atoms with Crippen molar-refractivity contribution in [2.45, 2.75) is 71.0 Å². The summed E-state index contributed by atoms with van der Waals surface area (Å²) in [6.45, 7) is 3.79. The molecule has 9 aromatic rings. The number of ether oxygens (including phenoxy) is 1. The molecule has 0 aliphatic heterocycles. The summed E-state index contributed by atoms with van der Waals surface area (Å²) in [6, 6.07) is 52.3. The van der Waals surface area contributed by atoms with Gasteiger partial charge in [0.15, 0.2) is 0 Å². The average Bonchev–Trinajstić information content (AvgIpc) is 3.87. The van der Waals surface area contributed by atoms with Crippen LogP contribution in [0, 0.1) is 0 Å². The summed E-state index contributed by atoms with van der Waals surface area (Å²) in [5.41, 5.74) is 8.74. The standard InChI is InChI=1S/C49H48N4O/c1(15-33-51-44-24-10-5-19-39(44)40-20-6-11-25-45(40)51)2-17-35-53-48-28-14-9-23-43(48)50-49(53)37-29-31-38(32-30-37)54-36-18-4-3-16-34-52-46-26-12-7-21-41(46)42-22-8-13-27-47(42)52/h5-14,19-32H,1-4,15-18,33-36H2. The molecule has 54 heavy (non-hydrogen) atoms. The maximum Gasteiger partial charge on any atom is 0.141 e. The van der Waals surface area contributed by atoms with Gasteiger partial charge >= 0.3 is 0 Å². The van der Waals surface area contributed by atoms with Gasteiger partial charge in [0.05, 0.1) is 17.6 Å². The third-order valence-corrected chi connectivity index (χ3v) is 11.2. The Hall–Kier alpha value is -5.81. The SMILES string of the molecule is c1ccc2c(c1)nc(-c1ccc(OCCCCCCn3c4ccccc4c4ccccc43)cc1)n2CCCCCCn1c2ccccc2c2ccccc21. The van der Waals surface area contributed by atoms with Crippen molar-refractivity contribution in [2.75, 3.05) is 6.61 Å². The molecule has 0 bridgehead atoms. The fourth-order valence-electron chi connectivity index (χ4n) is 8.52. The average molecular weight is 709 g/mol. The predicted octanol–water partition coefficient (Wildman–Crippen LogP) is 12.8. The van der Waals surface area contributed by atoms with Gasteiger partial charge in [-0.25, -0.2) is 4.98 Å². The molecule has 9 rings (SSSR count). The third-order valence-electron chi connectivity index (χ3n) is 11.2. The highest BCUT2D eigenvalue weighted by Crippen LogP contribution is 2.31. The number of benzene rings is 6. The highest BCUT2D eigenvalue weighted by molar-refractivity contribution is 6.08. The first-order chi connectivity index (χ1) is 26.8. The van der Waals surface area contributed by atoms with Crippen LogP contribution in [0.15, 0.2) is 146 Å². The van der Waals surface area contributed by atoms with E-state index >= 15 is 0 Å². The Morgan fingerprint density at radius 3 is 1.28 bits per heavy atom. The zero-order chi connectivity index (χ0) is 36.1.